The lowest BCUT2D eigenvalue weighted by atomic mass is 10.00. The predicted octanol–water partition coefficient (Wildman–Crippen LogP) is 3.55. The number of carbonyl (C=O) groups is 1. The van der Waals surface area contributed by atoms with Gasteiger partial charge in [0.05, 0.1) is 0 Å². The van der Waals surface area contributed by atoms with Gasteiger partial charge in [-0.2, -0.15) is 0 Å². The zero-order valence-electron chi connectivity index (χ0n) is 15.8. The SMILES string of the molecule is CN(Cc1ccc2nonc2c1)C(=O)C(c1ccc(F)cc1)N1CCCCC1. The number of fused-ring (bicyclic) bond motifs is 1. The maximum Gasteiger partial charge on any atom is 0.244 e. The van der Waals surface area contributed by atoms with Crippen molar-refractivity contribution in [2.45, 2.75) is 31.8 Å². The number of rotatable bonds is 5. The van der Waals surface area contributed by atoms with E-state index in [1.165, 1.54) is 18.6 Å². The fourth-order valence-corrected chi connectivity index (χ4v) is 3.82. The third-order valence-electron chi connectivity index (χ3n) is 5.29. The number of nitrogens with zero attached hydrogens (tertiary/aromatic N) is 4. The Balaban J connectivity index is 1.57. The zero-order valence-corrected chi connectivity index (χ0v) is 15.8. The van der Waals surface area contributed by atoms with Crippen molar-refractivity contribution < 1.29 is 13.8 Å². The second-order valence-corrected chi connectivity index (χ2v) is 7.33. The van der Waals surface area contributed by atoms with Crippen LogP contribution >= 0.6 is 0 Å². The monoisotopic (exact) mass is 382 g/mol. The van der Waals surface area contributed by atoms with Crippen LogP contribution in [0.5, 0.6) is 0 Å². The van der Waals surface area contributed by atoms with E-state index in [-0.39, 0.29) is 11.7 Å². The number of hydrogen-bond donors (Lipinski definition) is 0. The number of likely N-dealkylation sites (N-methyl/N-ethyl adjacent to an activating group) is 1. The molecule has 0 spiro atoms. The van der Waals surface area contributed by atoms with Crippen molar-refractivity contribution in [1.82, 2.24) is 20.1 Å². The Bertz CT molecular complexity index is 950. The first-order valence-corrected chi connectivity index (χ1v) is 9.57. The molecule has 0 radical (unpaired) electrons. The molecule has 0 N–H and O–H groups in total. The summed E-state index contributed by atoms with van der Waals surface area (Å²) in [6.07, 6.45) is 3.33. The number of carbonyl (C=O) groups excluding carboxylic acids is 1. The van der Waals surface area contributed by atoms with E-state index in [2.05, 4.69) is 15.2 Å². The summed E-state index contributed by atoms with van der Waals surface area (Å²) in [5.74, 6) is -0.289. The normalized spacial score (nSPS) is 16.2. The van der Waals surface area contributed by atoms with Crippen LogP contribution in [-0.4, -0.2) is 46.2 Å². The molecule has 1 atom stereocenters. The zero-order chi connectivity index (χ0) is 19.5. The third kappa shape index (κ3) is 3.89. The van der Waals surface area contributed by atoms with Crippen molar-refractivity contribution in [3.05, 3.63) is 59.4 Å². The molecule has 1 saturated heterocycles. The molecule has 0 aliphatic carbocycles. The first-order chi connectivity index (χ1) is 13.6. The highest BCUT2D eigenvalue weighted by Crippen LogP contribution is 2.27. The lowest BCUT2D eigenvalue weighted by Gasteiger charge is -2.36. The van der Waals surface area contributed by atoms with E-state index < -0.39 is 6.04 Å². The van der Waals surface area contributed by atoms with Crippen LogP contribution in [0.4, 0.5) is 4.39 Å². The average Bonchev–Trinajstić information content (AvgIpc) is 3.18. The number of amides is 1. The summed E-state index contributed by atoms with van der Waals surface area (Å²) in [6, 6.07) is 11.5. The van der Waals surface area contributed by atoms with E-state index in [9.17, 15) is 9.18 Å². The van der Waals surface area contributed by atoms with Gasteiger partial charge in [-0.05, 0) is 71.6 Å². The topological polar surface area (TPSA) is 62.5 Å². The van der Waals surface area contributed by atoms with Gasteiger partial charge in [-0.15, -0.1) is 0 Å². The van der Waals surface area contributed by atoms with E-state index >= 15 is 0 Å². The summed E-state index contributed by atoms with van der Waals surface area (Å²) >= 11 is 0. The van der Waals surface area contributed by atoms with Gasteiger partial charge in [0.1, 0.15) is 22.9 Å². The highest BCUT2D eigenvalue weighted by molar-refractivity contribution is 5.83. The number of aromatic nitrogens is 2. The highest BCUT2D eigenvalue weighted by atomic mass is 19.1. The molecular weight excluding hydrogens is 359 g/mol. The molecule has 1 unspecified atom stereocenters. The molecule has 1 amide bonds. The minimum Gasteiger partial charge on any atom is -0.340 e. The Morgan fingerprint density at radius 2 is 1.82 bits per heavy atom. The highest BCUT2D eigenvalue weighted by Gasteiger charge is 2.31. The van der Waals surface area contributed by atoms with Crippen molar-refractivity contribution in [2.75, 3.05) is 20.1 Å². The lowest BCUT2D eigenvalue weighted by molar-refractivity contribution is -0.137. The average molecular weight is 382 g/mol. The Hall–Kier alpha value is -2.80. The lowest BCUT2D eigenvalue weighted by Crippen LogP contribution is -2.43. The van der Waals surface area contributed by atoms with E-state index in [4.69, 9.17) is 4.63 Å². The maximum absolute atomic E-state index is 13.4. The molecule has 0 bridgehead atoms. The molecular formula is C21H23FN4O2. The van der Waals surface area contributed by atoms with E-state index in [0.717, 1.165) is 37.1 Å². The van der Waals surface area contributed by atoms with Crippen molar-refractivity contribution >= 4 is 16.9 Å². The van der Waals surface area contributed by atoms with Crippen molar-refractivity contribution in [2.24, 2.45) is 0 Å². The largest absolute Gasteiger partial charge is 0.340 e. The standard InChI is InChI=1S/C21H23FN4O2/c1-25(14-15-5-10-18-19(13-15)24-28-23-18)21(27)20(26-11-3-2-4-12-26)16-6-8-17(22)9-7-16/h5-10,13,20H,2-4,11-12,14H2,1H3. The summed E-state index contributed by atoms with van der Waals surface area (Å²) in [5, 5.41) is 7.67. The maximum atomic E-state index is 13.4. The van der Waals surface area contributed by atoms with Crippen LogP contribution in [0.2, 0.25) is 0 Å². The Morgan fingerprint density at radius 1 is 1.11 bits per heavy atom. The molecule has 146 valence electrons. The first-order valence-electron chi connectivity index (χ1n) is 9.57. The number of hydrogen-bond acceptors (Lipinski definition) is 5. The Kier molecular flexibility index (Phi) is 5.34. The summed E-state index contributed by atoms with van der Waals surface area (Å²) in [5.41, 5.74) is 3.14. The molecule has 4 rings (SSSR count). The third-order valence-corrected chi connectivity index (χ3v) is 5.29. The minimum atomic E-state index is -0.400. The predicted molar refractivity (Wildman–Crippen MR) is 103 cm³/mol. The van der Waals surface area contributed by atoms with Gasteiger partial charge in [-0.25, -0.2) is 9.02 Å². The first kappa shape index (κ1) is 18.6. The number of halogens is 1. The van der Waals surface area contributed by atoms with Gasteiger partial charge < -0.3 is 4.90 Å². The van der Waals surface area contributed by atoms with Gasteiger partial charge in [0.2, 0.25) is 5.91 Å². The smallest absolute Gasteiger partial charge is 0.244 e. The molecule has 2 aromatic carbocycles. The number of piperidine rings is 1. The minimum absolute atomic E-state index is 0.00637. The number of benzene rings is 2. The molecule has 2 heterocycles. The van der Waals surface area contributed by atoms with Gasteiger partial charge in [0.25, 0.3) is 0 Å². The Labute approximate surface area is 162 Å². The summed E-state index contributed by atoms with van der Waals surface area (Å²) in [6.45, 7) is 2.20. The quantitative estimate of drug-likeness (QED) is 0.675. The summed E-state index contributed by atoms with van der Waals surface area (Å²) in [7, 11) is 1.80. The molecule has 3 aromatic rings. The molecule has 1 aliphatic heterocycles. The van der Waals surface area contributed by atoms with Crippen LogP contribution in [0.25, 0.3) is 11.0 Å². The van der Waals surface area contributed by atoms with Gasteiger partial charge >= 0.3 is 0 Å². The van der Waals surface area contributed by atoms with Crippen LogP contribution in [0.1, 0.15) is 36.4 Å². The van der Waals surface area contributed by atoms with Crippen molar-refractivity contribution in [3.8, 4) is 0 Å². The molecule has 0 saturated carbocycles. The van der Waals surface area contributed by atoms with E-state index in [1.807, 2.05) is 18.2 Å². The van der Waals surface area contributed by atoms with Crippen LogP contribution in [0, 0.1) is 5.82 Å². The van der Waals surface area contributed by atoms with E-state index in [1.54, 1.807) is 24.1 Å². The van der Waals surface area contributed by atoms with Gasteiger partial charge in [0.15, 0.2) is 0 Å². The molecule has 7 heteroatoms. The van der Waals surface area contributed by atoms with E-state index in [0.29, 0.717) is 17.6 Å². The number of likely N-dealkylation sites (tertiary alicyclic amines) is 1. The van der Waals surface area contributed by atoms with Gasteiger partial charge in [-0.1, -0.05) is 24.6 Å². The Morgan fingerprint density at radius 3 is 2.57 bits per heavy atom. The fraction of sp³-hybridized carbons (Fsp3) is 0.381. The molecule has 1 aliphatic rings. The van der Waals surface area contributed by atoms with Crippen LogP contribution in [-0.2, 0) is 11.3 Å². The second kappa shape index (κ2) is 8.06. The van der Waals surface area contributed by atoms with Crippen LogP contribution in [0.15, 0.2) is 47.1 Å². The van der Waals surface area contributed by atoms with Crippen molar-refractivity contribution in [3.63, 3.8) is 0 Å². The second-order valence-electron chi connectivity index (χ2n) is 7.33. The summed E-state index contributed by atoms with van der Waals surface area (Å²) < 4.78 is 18.2. The van der Waals surface area contributed by atoms with Crippen molar-refractivity contribution in [1.29, 1.82) is 0 Å². The summed E-state index contributed by atoms with van der Waals surface area (Å²) in [4.78, 5) is 17.3. The van der Waals surface area contributed by atoms with Crippen LogP contribution in [0.3, 0.4) is 0 Å². The molecule has 28 heavy (non-hydrogen) atoms. The molecule has 6 nitrogen and oxygen atoms in total. The van der Waals surface area contributed by atoms with Gasteiger partial charge in [0, 0.05) is 13.6 Å². The molecule has 1 fully saturated rings. The van der Waals surface area contributed by atoms with Gasteiger partial charge in [-0.3, -0.25) is 9.69 Å². The molecule has 1 aromatic heterocycles. The van der Waals surface area contributed by atoms with Crippen LogP contribution < -0.4 is 0 Å². The fourth-order valence-electron chi connectivity index (χ4n) is 3.82.